The molecule has 4 aromatic rings. The number of aryl methyl sites for hydroxylation is 2. The van der Waals surface area contributed by atoms with Crippen molar-refractivity contribution in [3.8, 4) is 0 Å². The Bertz CT molecular complexity index is 1210. The van der Waals surface area contributed by atoms with E-state index in [1.165, 1.54) is 50.1 Å². The lowest BCUT2D eigenvalue weighted by atomic mass is 9.34. The Morgan fingerprint density at radius 3 is 1.59 bits per heavy atom. The lowest BCUT2D eigenvalue weighted by Gasteiger charge is -2.38. The van der Waals surface area contributed by atoms with Crippen LogP contribution in [-0.2, 0) is 5.41 Å². The van der Waals surface area contributed by atoms with E-state index in [1.807, 2.05) is 0 Å². The second-order valence-corrected chi connectivity index (χ2v) is 9.99. The van der Waals surface area contributed by atoms with E-state index in [-0.39, 0.29) is 12.1 Å². The normalized spacial score (nSPS) is 13.0. The number of benzene rings is 4. The van der Waals surface area contributed by atoms with Crippen molar-refractivity contribution < 1.29 is 0 Å². The molecule has 0 N–H and O–H groups in total. The topological polar surface area (TPSA) is 3.24 Å². The van der Waals surface area contributed by atoms with Gasteiger partial charge in [-0.3, -0.25) is 0 Å². The quantitative estimate of drug-likeness (QED) is 0.325. The number of para-hydroxylation sites is 2. The molecule has 158 valence electrons. The number of hydrogen-bond acceptors (Lipinski definition) is 1. The third-order valence-electron chi connectivity index (χ3n) is 6.80. The molecule has 0 radical (unpaired) electrons. The van der Waals surface area contributed by atoms with Gasteiger partial charge in [0.1, 0.15) is 0 Å². The summed E-state index contributed by atoms with van der Waals surface area (Å²) in [6.45, 7) is 11.5. The van der Waals surface area contributed by atoms with Crippen LogP contribution in [-0.4, -0.2) is 6.71 Å². The molecule has 1 aliphatic heterocycles. The predicted molar refractivity (Wildman–Crippen MR) is 140 cm³/mol. The van der Waals surface area contributed by atoms with Gasteiger partial charge in [-0.2, -0.15) is 0 Å². The summed E-state index contributed by atoms with van der Waals surface area (Å²) in [7, 11) is 0. The maximum atomic E-state index is 2.43. The molecule has 32 heavy (non-hydrogen) atoms. The van der Waals surface area contributed by atoms with Crippen LogP contribution in [0.1, 0.15) is 37.5 Å². The van der Waals surface area contributed by atoms with Crippen molar-refractivity contribution in [2.45, 2.75) is 40.0 Å². The molecule has 0 spiro atoms. The van der Waals surface area contributed by atoms with Crippen molar-refractivity contribution in [2.75, 3.05) is 4.90 Å². The summed E-state index contributed by atoms with van der Waals surface area (Å²) in [5.41, 5.74) is 12.1. The third kappa shape index (κ3) is 3.35. The molecule has 0 amide bonds. The van der Waals surface area contributed by atoms with E-state index in [0.29, 0.717) is 0 Å². The highest BCUT2D eigenvalue weighted by Crippen LogP contribution is 2.36. The maximum Gasteiger partial charge on any atom is 0.247 e. The van der Waals surface area contributed by atoms with E-state index >= 15 is 0 Å². The Kier molecular flexibility index (Phi) is 4.97. The van der Waals surface area contributed by atoms with Crippen molar-refractivity contribution in [3.63, 3.8) is 0 Å². The zero-order valence-electron chi connectivity index (χ0n) is 19.7. The molecule has 0 saturated carbocycles. The van der Waals surface area contributed by atoms with Gasteiger partial charge >= 0.3 is 0 Å². The maximum absolute atomic E-state index is 2.43. The first kappa shape index (κ1) is 20.6. The van der Waals surface area contributed by atoms with Gasteiger partial charge in [0.15, 0.2) is 0 Å². The van der Waals surface area contributed by atoms with Crippen LogP contribution in [0.25, 0.3) is 0 Å². The lowest BCUT2D eigenvalue weighted by Crippen LogP contribution is -2.58. The van der Waals surface area contributed by atoms with Crippen LogP contribution in [0.3, 0.4) is 0 Å². The highest BCUT2D eigenvalue weighted by molar-refractivity contribution is 6.98. The molecule has 0 fully saturated rings. The molecule has 0 unspecified atom stereocenters. The van der Waals surface area contributed by atoms with E-state index in [0.717, 1.165) is 0 Å². The van der Waals surface area contributed by atoms with Gasteiger partial charge in [-0.25, -0.2) is 0 Å². The standard InChI is InChI=1S/C30H30BN/c1-21-11-10-12-22(2)29(21)31-25-13-6-8-15-27(25)32(28-16-9-7-14-26(28)31)24-19-17-23(18-20-24)30(3,4)5/h6-20H,1-5H3. The molecule has 1 aliphatic rings. The Morgan fingerprint density at radius 2 is 1.09 bits per heavy atom. The highest BCUT2D eigenvalue weighted by Gasteiger charge is 2.36. The van der Waals surface area contributed by atoms with E-state index < -0.39 is 0 Å². The number of hydrogen-bond donors (Lipinski definition) is 0. The van der Waals surface area contributed by atoms with Gasteiger partial charge in [-0.1, -0.05) is 104 Å². The fourth-order valence-corrected chi connectivity index (χ4v) is 5.15. The molecule has 0 saturated heterocycles. The zero-order valence-corrected chi connectivity index (χ0v) is 19.7. The van der Waals surface area contributed by atoms with Crippen molar-refractivity contribution in [3.05, 3.63) is 108 Å². The Hall–Kier alpha value is -3.26. The average molecular weight is 415 g/mol. The minimum Gasteiger partial charge on any atom is -0.312 e. The summed E-state index contributed by atoms with van der Waals surface area (Å²) in [4.78, 5) is 2.43. The first-order valence-corrected chi connectivity index (χ1v) is 11.5. The second-order valence-electron chi connectivity index (χ2n) is 9.99. The fraction of sp³-hybridized carbons (Fsp3) is 0.200. The molecule has 0 bridgehead atoms. The molecular weight excluding hydrogens is 385 g/mol. The summed E-state index contributed by atoms with van der Waals surface area (Å²) >= 11 is 0. The molecule has 0 atom stereocenters. The number of anilines is 3. The van der Waals surface area contributed by atoms with E-state index in [4.69, 9.17) is 0 Å². The SMILES string of the molecule is Cc1cccc(C)c1B1c2ccccc2N(c2ccc(C(C)(C)C)cc2)c2ccccc21. The summed E-state index contributed by atoms with van der Waals surface area (Å²) in [5, 5.41) is 0. The van der Waals surface area contributed by atoms with Gasteiger partial charge in [0.25, 0.3) is 0 Å². The third-order valence-corrected chi connectivity index (χ3v) is 6.80. The summed E-state index contributed by atoms with van der Waals surface area (Å²) < 4.78 is 0. The van der Waals surface area contributed by atoms with Crippen molar-refractivity contribution in [1.82, 2.24) is 0 Å². The highest BCUT2D eigenvalue weighted by atomic mass is 15.1. The number of nitrogens with zero attached hydrogens (tertiary/aromatic N) is 1. The molecule has 2 heteroatoms. The van der Waals surface area contributed by atoms with Crippen LogP contribution in [0.15, 0.2) is 91.0 Å². The van der Waals surface area contributed by atoms with Gasteiger partial charge in [-0.05, 0) is 60.0 Å². The number of fused-ring (bicyclic) bond motifs is 2. The first-order chi connectivity index (χ1) is 15.4. The van der Waals surface area contributed by atoms with Crippen LogP contribution in [0.5, 0.6) is 0 Å². The first-order valence-electron chi connectivity index (χ1n) is 11.5. The van der Waals surface area contributed by atoms with Crippen LogP contribution in [0, 0.1) is 13.8 Å². The van der Waals surface area contributed by atoms with E-state index in [9.17, 15) is 0 Å². The van der Waals surface area contributed by atoms with Gasteiger partial charge in [0.2, 0.25) is 6.71 Å². The minimum atomic E-state index is 0.143. The Morgan fingerprint density at radius 1 is 0.594 bits per heavy atom. The smallest absolute Gasteiger partial charge is 0.247 e. The lowest BCUT2D eigenvalue weighted by molar-refractivity contribution is 0.590. The monoisotopic (exact) mass is 415 g/mol. The van der Waals surface area contributed by atoms with Gasteiger partial charge in [0.05, 0.1) is 0 Å². The molecule has 0 aromatic heterocycles. The minimum absolute atomic E-state index is 0.143. The molecule has 1 nitrogen and oxygen atoms in total. The van der Waals surface area contributed by atoms with Crippen LogP contribution >= 0.6 is 0 Å². The fourth-order valence-electron chi connectivity index (χ4n) is 5.15. The van der Waals surface area contributed by atoms with Crippen LogP contribution in [0.4, 0.5) is 17.1 Å². The van der Waals surface area contributed by atoms with E-state index in [1.54, 1.807) is 0 Å². The van der Waals surface area contributed by atoms with Crippen LogP contribution < -0.4 is 21.3 Å². The molecule has 1 heterocycles. The summed E-state index contributed by atoms with van der Waals surface area (Å²) in [5.74, 6) is 0. The van der Waals surface area contributed by atoms with Crippen LogP contribution in [0.2, 0.25) is 0 Å². The molecule has 5 rings (SSSR count). The van der Waals surface area contributed by atoms with Crippen molar-refractivity contribution >= 4 is 40.2 Å². The van der Waals surface area contributed by atoms with Gasteiger partial charge < -0.3 is 4.90 Å². The Balaban J connectivity index is 1.74. The van der Waals surface area contributed by atoms with Crippen molar-refractivity contribution in [2.24, 2.45) is 0 Å². The van der Waals surface area contributed by atoms with Gasteiger partial charge in [-0.15, -0.1) is 0 Å². The summed E-state index contributed by atoms with van der Waals surface area (Å²) in [6, 6.07) is 33.5. The molecular formula is C30H30BN. The van der Waals surface area contributed by atoms with E-state index in [2.05, 4.69) is 131 Å². The summed E-state index contributed by atoms with van der Waals surface area (Å²) in [6.07, 6.45) is 0. The number of rotatable bonds is 2. The van der Waals surface area contributed by atoms with Gasteiger partial charge in [0, 0.05) is 17.1 Å². The predicted octanol–water partition coefficient (Wildman–Crippen LogP) is 5.90. The molecule has 4 aromatic carbocycles. The Labute approximate surface area is 192 Å². The second kappa shape index (κ2) is 7.71. The zero-order chi connectivity index (χ0) is 22.5. The largest absolute Gasteiger partial charge is 0.312 e. The average Bonchev–Trinajstić information content (AvgIpc) is 2.78. The molecule has 0 aliphatic carbocycles. The van der Waals surface area contributed by atoms with Crippen molar-refractivity contribution in [1.29, 1.82) is 0 Å².